The van der Waals surface area contributed by atoms with Gasteiger partial charge in [0.1, 0.15) is 24.3 Å². The quantitative estimate of drug-likeness (QED) is 0.230. The molecule has 0 fully saturated rings. The van der Waals surface area contributed by atoms with E-state index in [-0.39, 0.29) is 18.5 Å². The second-order valence-corrected chi connectivity index (χ2v) is 9.46. The fourth-order valence-corrected chi connectivity index (χ4v) is 5.37. The van der Waals surface area contributed by atoms with Crippen molar-refractivity contribution < 1.29 is 0 Å². The van der Waals surface area contributed by atoms with Crippen molar-refractivity contribution in [3.8, 4) is 0 Å². The van der Waals surface area contributed by atoms with Crippen LogP contribution in [0.2, 0.25) is 0 Å². The highest BCUT2D eigenvalue weighted by atomic mass is 15.3. The van der Waals surface area contributed by atoms with Crippen LogP contribution in [0.3, 0.4) is 0 Å². The van der Waals surface area contributed by atoms with Gasteiger partial charge in [0, 0.05) is 16.7 Å². The Morgan fingerprint density at radius 3 is 1.95 bits per heavy atom. The molecule has 0 bridgehead atoms. The van der Waals surface area contributed by atoms with E-state index < -0.39 is 0 Å². The van der Waals surface area contributed by atoms with Gasteiger partial charge in [0.05, 0.1) is 11.4 Å². The molecule has 2 atom stereocenters. The molecule has 7 rings (SSSR count). The molecule has 4 N–H and O–H groups in total. The van der Waals surface area contributed by atoms with Crippen LogP contribution in [0, 0.1) is 0 Å². The average molecular weight is 482 g/mol. The lowest BCUT2D eigenvalue weighted by molar-refractivity contribution is 0.408. The standard InChI is InChI=1S/C32H27N5/c1-3-12-22(13-4-1)29-35-30(23-14-5-2-6-15-23)37-32(36-29)28-24-16-8-7-11-21(24)19-20-25(28)31-33-26-17-9-10-18-27(26)34-31/h1-20,29,31-34,36H,(H,35,37). The summed E-state index contributed by atoms with van der Waals surface area (Å²) >= 11 is 0. The Bertz CT molecular complexity index is 1570. The number of benzene rings is 5. The highest BCUT2D eigenvalue weighted by molar-refractivity contribution is 6.00. The van der Waals surface area contributed by atoms with Crippen LogP contribution in [0.5, 0.6) is 0 Å². The monoisotopic (exact) mass is 481 g/mol. The molecule has 2 unspecified atom stereocenters. The summed E-state index contributed by atoms with van der Waals surface area (Å²) in [6, 6.07) is 42.2. The SMILES string of the molecule is c1ccc(C2=NC(c3c(C4Nc5ccccc5N4)ccc4ccccc34)NC(c3ccccc3)N2)cc1. The second-order valence-electron chi connectivity index (χ2n) is 9.46. The van der Waals surface area contributed by atoms with E-state index in [0.717, 1.165) is 22.8 Å². The molecule has 2 heterocycles. The number of para-hydroxylation sites is 2. The molecule has 0 radical (unpaired) electrons. The fourth-order valence-electron chi connectivity index (χ4n) is 5.37. The van der Waals surface area contributed by atoms with Crippen LogP contribution < -0.4 is 21.3 Å². The van der Waals surface area contributed by atoms with Crippen molar-refractivity contribution in [3.63, 3.8) is 0 Å². The van der Waals surface area contributed by atoms with Gasteiger partial charge in [-0.3, -0.25) is 5.32 Å². The lowest BCUT2D eigenvalue weighted by atomic mass is 9.94. The van der Waals surface area contributed by atoms with Crippen LogP contribution in [0.4, 0.5) is 11.4 Å². The number of nitrogens with one attached hydrogen (secondary N) is 4. The molecular weight excluding hydrogens is 454 g/mol. The van der Waals surface area contributed by atoms with Gasteiger partial charge in [-0.2, -0.15) is 0 Å². The first-order chi connectivity index (χ1) is 18.3. The maximum atomic E-state index is 5.27. The normalized spacial score (nSPS) is 18.9. The largest absolute Gasteiger partial charge is 0.360 e. The van der Waals surface area contributed by atoms with Crippen LogP contribution in [0.25, 0.3) is 10.8 Å². The average Bonchev–Trinajstić information content (AvgIpc) is 3.41. The van der Waals surface area contributed by atoms with Crippen LogP contribution in [0.15, 0.2) is 126 Å². The molecule has 2 aliphatic rings. The van der Waals surface area contributed by atoms with E-state index >= 15 is 0 Å². The molecule has 0 aromatic heterocycles. The zero-order valence-electron chi connectivity index (χ0n) is 20.2. The Morgan fingerprint density at radius 1 is 0.541 bits per heavy atom. The topological polar surface area (TPSA) is 60.5 Å². The molecular formula is C32H27N5. The van der Waals surface area contributed by atoms with Gasteiger partial charge in [-0.1, -0.05) is 109 Å². The molecule has 5 aromatic rings. The van der Waals surface area contributed by atoms with Crippen LogP contribution in [-0.2, 0) is 0 Å². The third-order valence-corrected chi connectivity index (χ3v) is 7.16. The number of fused-ring (bicyclic) bond motifs is 2. The highest BCUT2D eigenvalue weighted by Gasteiger charge is 2.31. The molecule has 37 heavy (non-hydrogen) atoms. The first kappa shape index (κ1) is 21.7. The van der Waals surface area contributed by atoms with Gasteiger partial charge >= 0.3 is 0 Å². The van der Waals surface area contributed by atoms with Crippen molar-refractivity contribution in [3.05, 3.63) is 144 Å². The zero-order chi connectivity index (χ0) is 24.6. The fraction of sp³-hybridized carbons (Fsp3) is 0.0938. The van der Waals surface area contributed by atoms with E-state index in [1.54, 1.807) is 0 Å². The van der Waals surface area contributed by atoms with Crippen molar-refractivity contribution in [2.24, 2.45) is 4.99 Å². The van der Waals surface area contributed by atoms with E-state index in [9.17, 15) is 0 Å². The van der Waals surface area contributed by atoms with Gasteiger partial charge in [-0.15, -0.1) is 0 Å². The molecule has 0 saturated carbocycles. The lowest BCUT2D eigenvalue weighted by Crippen LogP contribution is -2.45. The summed E-state index contributed by atoms with van der Waals surface area (Å²) in [5.74, 6) is 0.882. The van der Waals surface area contributed by atoms with Crippen molar-refractivity contribution in [2.75, 3.05) is 10.6 Å². The minimum atomic E-state index is -0.255. The summed E-state index contributed by atoms with van der Waals surface area (Å²) in [6.07, 6.45) is -0.401. The second kappa shape index (κ2) is 9.12. The first-order valence-electron chi connectivity index (χ1n) is 12.7. The van der Waals surface area contributed by atoms with Crippen molar-refractivity contribution in [1.82, 2.24) is 10.6 Å². The number of nitrogens with zero attached hydrogens (tertiary/aromatic N) is 1. The van der Waals surface area contributed by atoms with Crippen molar-refractivity contribution in [1.29, 1.82) is 0 Å². The van der Waals surface area contributed by atoms with Gasteiger partial charge < -0.3 is 16.0 Å². The number of hydrogen-bond donors (Lipinski definition) is 4. The number of amidine groups is 1. The molecule has 0 saturated heterocycles. The summed E-state index contributed by atoms with van der Waals surface area (Å²) in [5.41, 5.74) is 6.81. The Morgan fingerprint density at radius 2 is 1.19 bits per heavy atom. The Labute approximate surface area is 216 Å². The minimum absolute atomic E-state index is 0.0563. The van der Waals surface area contributed by atoms with Gasteiger partial charge in [0.2, 0.25) is 0 Å². The molecule has 0 spiro atoms. The summed E-state index contributed by atoms with van der Waals surface area (Å²) in [7, 11) is 0. The smallest absolute Gasteiger partial charge is 0.131 e. The molecule has 180 valence electrons. The van der Waals surface area contributed by atoms with Crippen LogP contribution in [0.1, 0.15) is 40.8 Å². The number of hydrogen-bond acceptors (Lipinski definition) is 5. The van der Waals surface area contributed by atoms with Gasteiger partial charge in [-0.25, -0.2) is 4.99 Å². The van der Waals surface area contributed by atoms with Gasteiger partial charge in [0.15, 0.2) is 0 Å². The number of rotatable bonds is 4. The van der Waals surface area contributed by atoms with Crippen LogP contribution >= 0.6 is 0 Å². The number of aliphatic imine (C=N–C) groups is 1. The maximum absolute atomic E-state index is 5.27. The van der Waals surface area contributed by atoms with E-state index in [1.807, 2.05) is 12.1 Å². The molecule has 2 aliphatic heterocycles. The zero-order valence-corrected chi connectivity index (χ0v) is 20.2. The first-order valence-corrected chi connectivity index (χ1v) is 12.7. The predicted molar refractivity (Wildman–Crippen MR) is 152 cm³/mol. The molecule has 5 heteroatoms. The molecule has 0 aliphatic carbocycles. The summed E-state index contributed by atoms with van der Waals surface area (Å²) in [4.78, 5) is 5.27. The Hall–Kier alpha value is -4.61. The highest BCUT2D eigenvalue weighted by Crippen LogP contribution is 2.40. The Kier molecular flexibility index (Phi) is 5.34. The van der Waals surface area contributed by atoms with Gasteiger partial charge in [-0.05, 0) is 28.5 Å². The van der Waals surface area contributed by atoms with Crippen molar-refractivity contribution >= 4 is 28.0 Å². The molecule has 5 nitrogen and oxygen atoms in total. The van der Waals surface area contributed by atoms with E-state index in [0.29, 0.717) is 0 Å². The molecule has 0 amide bonds. The summed E-state index contributed by atoms with van der Waals surface area (Å²) in [5, 5.41) is 17.2. The lowest BCUT2D eigenvalue weighted by Gasteiger charge is -2.34. The van der Waals surface area contributed by atoms with E-state index in [4.69, 9.17) is 4.99 Å². The Balaban J connectivity index is 1.39. The molecule has 5 aromatic carbocycles. The van der Waals surface area contributed by atoms with E-state index in [1.165, 1.54) is 27.5 Å². The summed E-state index contributed by atoms with van der Waals surface area (Å²) in [6.45, 7) is 0. The third kappa shape index (κ3) is 3.99. The predicted octanol–water partition coefficient (Wildman–Crippen LogP) is 6.71. The maximum Gasteiger partial charge on any atom is 0.131 e. The van der Waals surface area contributed by atoms with Crippen molar-refractivity contribution in [2.45, 2.75) is 18.5 Å². The minimum Gasteiger partial charge on any atom is -0.360 e. The van der Waals surface area contributed by atoms with E-state index in [2.05, 4.69) is 130 Å². The summed E-state index contributed by atoms with van der Waals surface area (Å²) < 4.78 is 0. The third-order valence-electron chi connectivity index (χ3n) is 7.16. The van der Waals surface area contributed by atoms with Crippen LogP contribution in [-0.4, -0.2) is 5.84 Å². The van der Waals surface area contributed by atoms with Gasteiger partial charge in [0.25, 0.3) is 0 Å². The number of anilines is 2.